The van der Waals surface area contributed by atoms with Crippen molar-refractivity contribution in [2.45, 2.75) is 37.8 Å². The van der Waals surface area contributed by atoms with Crippen LogP contribution < -0.4 is 5.32 Å². The molecule has 1 aromatic heterocycles. The van der Waals surface area contributed by atoms with Gasteiger partial charge in [-0.05, 0) is 42.7 Å². The topological polar surface area (TPSA) is 41.5 Å². The van der Waals surface area contributed by atoms with Crippen LogP contribution in [0.5, 0.6) is 0 Å². The highest BCUT2D eigenvalue weighted by Gasteiger charge is 2.23. The molecular formula is C13H21NO2S. The van der Waals surface area contributed by atoms with Gasteiger partial charge in [0.05, 0.1) is 6.61 Å². The Morgan fingerprint density at radius 1 is 1.65 bits per heavy atom. The molecule has 0 radical (unpaired) electrons. The SMILES string of the molecule is COCCC(CO)NC1CCCc2sccc21. The molecule has 0 fully saturated rings. The lowest BCUT2D eigenvalue weighted by molar-refractivity contribution is 0.153. The zero-order valence-electron chi connectivity index (χ0n) is 10.3. The molecule has 4 heteroatoms. The minimum atomic E-state index is 0.144. The second kappa shape index (κ2) is 6.50. The van der Waals surface area contributed by atoms with Gasteiger partial charge in [-0.1, -0.05) is 0 Å². The Morgan fingerprint density at radius 3 is 3.29 bits per heavy atom. The lowest BCUT2D eigenvalue weighted by atomic mass is 9.93. The third-order valence-corrected chi connectivity index (χ3v) is 4.38. The largest absolute Gasteiger partial charge is 0.395 e. The fraction of sp³-hybridized carbons (Fsp3) is 0.692. The first-order valence-electron chi connectivity index (χ1n) is 6.27. The third kappa shape index (κ3) is 3.28. The van der Waals surface area contributed by atoms with Gasteiger partial charge in [0, 0.05) is 30.7 Å². The fourth-order valence-electron chi connectivity index (χ4n) is 2.43. The number of nitrogens with one attached hydrogen (secondary N) is 1. The predicted octanol–water partition coefficient (Wildman–Crippen LogP) is 2.11. The molecule has 2 atom stereocenters. The maximum absolute atomic E-state index is 9.37. The van der Waals surface area contributed by atoms with Gasteiger partial charge < -0.3 is 15.2 Å². The molecular weight excluding hydrogens is 234 g/mol. The highest BCUT2D eigenvalue weighted by atomic mass is 32.1. The van der Waals surface area contributed by atoms with E-state index in [2.05, 4.69) is 16.8 Å². The first-order valence-corrected chi connectivity index (χ1v) is 7.15. The number of fused-ring (bicyclic) bond motifs is 1. The van der Waals surface area contributed by atoms with Crippen LogP contribution in [0.15, 0.2) is 11.4 Å². The summed E-state index contributed by atoms with van der Waals surface area (Å²) < 4.78 is 5.07. The van der Waals surface area contributed by atoms with Crippen LogP contribution in [-0.4, -0.2) is 31.5 Å². The van der Waals surface area contributed by atoms with Gasteiger partial charge in [0.1, 0.15) is 0 Å². The number of ether oxygens (including phenoxy) is 1. The van der Waals surface area contributed by atoms with E-state index in [-0.39, 0.29) is 12.6 Å². The molecule has 0 aliphatic heterocycles. The number of aryl methyl sites for hydroxylation is 1. The summed E-state index contributed by atoms with van der Waals surface area (Å²) in [7, 11) is 1.70. The van der Waals surface area contributed by atoms with Gasteiger partial charge in [0.15, 0.2) is 0 Å². The van der Waals surface area contributed by atoms with Crippen LogP contribution in [-0.2, 0) is 11.2 Å². The van der Waals surface area contributed by atoms with E-state index in [1.165, 1.54) is 29.7 Å². The Hall–Kier alpha value is -0.420. The van der Waals surface area contributed by atoms with Crippen molar-refractivity contribution in [2.75, 3.05) is 20.3 Å². The Morgan fingerprint density at radius 2 is 2.53 bits per heavy atom. The maximum Gasteiger partial charge on any atom is 0.0585 e. The molecule has 0 amide bonds. The van der Waals surface area contributed by atoms with Gasteiger partial charge in [-0.25, -0.2) is 0 Å². The molecule has 17 heavy (non-hydrogen) atoms. The minimum absolute atomic E-state index is 0.144. The summed E-state index contributed by atoms with van der Waals surface area (Å²) >= 11 is 1.85. The second-order valence-corrected chi connectivity index (χ2v) is 5.57. The van der Waals surface area contributed by atoms with Crippen molar-refractivity contribution in [1.29, 1.82) is 0 Å². The van der Waals surface area contributed by atoms with Crippen molar-refractivity contribution in [3.63, 3.8) is 0 Å². The van der Waals surface area contributed by atoms with E-state index in [1.54, 1.807) is 7.11 Å². The standard InChI is InChI=1S/C13H21NO2S/c1-16-7-5-10(9-15)14-12-3-2-4-13-11(12)6-8-17-13/h6,8,10,12,14-15H,2-5,7,9H2,1H3. The van der Waals surface area contributed by atoms with E-state index in [0.29, 0.717) is 12.6 Å². The monoisotopic (exact) mass is 255 g/mol. The van der Waals surface area contributed by atoms with Gasteiger partial charge in [-0.3, -0.25) is 0 Å². The Labute approximate surface area is 107 Å². The van der Waals surface area contributed by atoms with E-state index in [9.17, 15) is 5.11 Å². The molecule has 3 nitrogen and oxygen atoms in total. The number of hydrogen-bond donors (Lipinski definition) is 2. The molecule has 96 valence electrons. The lowest BCUT2D eigenvalue weighted by Crippen LogP contribution is -2.37. The molecule has 0 spiro atoms. The highest BCUT2D eigenvalue weighted by Crippen LogP contribution is 2.33. The molecule has 0 saturated heterocycles. The van der Waals surface area contributed by atoms with Gasteiger partial charge in [-0.15, -0.1) is 11.3 Å². The average molecular weight is 255 g/mol. The van der Waals surface area contributed by atoms with Crippen LogP contribution in [0, 0.1) is 0 Å². The summed E-state index contributed by atoms with van der Waals surface area (Å²) in [6, 6.07) is 2.78. The summed E-state index contributed by atoms with van der Waals surface area (Å²) in [6.45, 7) is 0.876. The van der Waals surface area contributed by atoms with Crippen molar-refractivity contribution < 1.29 is 9.84 Å². The zero-order valence-corrected chi connectivity index (χ0v) is 11.1. The van der Waals surface area contributed by atoms with Crippen LogP contribution in [0.3, 0.4) is 0 Å². The van der Waals surface area contributed by atoms with Gasteiger partial charge in [-0.2, -0.15) is 0 Å². The molecule has 2 unspecified atom stereocenters. The molecule has 0 saturated carbocycles. The number of aliphatic hydroxyl groups is 1. The van der Waals surface area contributed by atoms with Crippen LogP contribution in [0.25, 0.3) is 0 Å². The maximum atomic E-state index is 9.37. The highest BCUT2D eigenvalue weighted by molar-refractivity contribution is 7.10. The van der Waals surface area contributed by atoms with Crippen LogP contribution in [0.1, 0.15) is 35.7 Å². The van der Waals surface area contributed by atoms with Crippen molar-refractivity contribution in [2.24, 2.45) is 0 Å². The van der Waals surface area contributed by atoms with E-state index in [1.807, 2.05) is 11.3 Å². The quantitative estimate of drug-likeness (QED) is 0.818. The zero-order chi connectivity index (χ0) is 12.1. The van der Waals surface area contributed by atoms with E-state index in [4.69, 9.17) is 4.74 Å². The molecule has 1 aliphatic carbocycles. The summed E-state index contributed by atoms with van der Waals surface area (Å²) in [5, 5.41) is 15.1. The molecule has 1 aliphatic rings. The number of rotatable bonds is 6. The van der Waals surface area contributed by atoms with Crippen molar-refractivity contribution >= 4 is 11.3 Å². The average Bonchev–Trinajstić information content (AvgIpc) is 2.83. The molecule has 0 bridgehead atoms. The summed E-state index contributed by atoms with van der Waals surface area (Å²) in [5.41, 5.74) is 1.44. The smallest absolute Gasteiger partial charge is 0.0585 e. The van der Waals surface area contributed by atoms with Crippen molar-refractivity contribution in [3.8, 4) is 0 Å². The Bertz CT molecular complexity index is 340. The number of thiophene rings is 1. The number of aliphatic hydroxyl groups excluding tert-OH is 1. The normalized spacial score (nSPS) is 21.2. The summed E-state index contributed by atoms with van der Waals surface area (Å²) in [5.74, 6) is 0. The first-order chi connectivity index (χ1) is 8.35. The second-order valence-electron chi connectivity index (χ2n) is 4.57. The number of hydrogen-bond acceptors (Lipinski definition) is 4. The van der Waals surface area contributed by atoms with Gasteiger partial charge >= 0.3 is 0 Å². The van der Waals surface area contributed by atoms with E-state index in [0.717, 1.165) is 6.42 Å². The Kier molecular flexibility index (Phi) is 4.98. The molecule has 1 aromatic rings. The molecule has 2 rings (SSSR count). The lowest BCUT2D eigenvalue weighted by Gasteiger charge is -2.28. The Balaban J connectivity index is 1.95. The van der Waals surface area contributed by atoms with Gasteiger partial charge in [0.25, 0.3) is 0 Å². The summed E-state index contributed by atoms with van der Waals surface area (Å²) in [6.07, 6.45) is 4.50. The van der Waals surface area contributed by atoms with E-state index >= 15 is 0 Å². The minimum Gasteiger partial charge on any atom is -0.395 e. The van der Waals surface area contributed by atoms with Crippen LogP contribution in [0.2, 0.25) is 0 Å². The van der Waals surface area contributed by atoms with E-state index < -0.39 is 0 Å². The molecule has 1 heterocycles. The third-order valence-electron chi connectivity index (χ3n) is 3.38. The molecule has 2 N–H and O–H groups in total. The first kappa shape index (κ1) is 13.0. The fourth-order valence-corrected chi connectivity index (χ4v) is 3.42. The van der Waals surface area contributed by atoms with Crippen molar-refractivity contribution in [1.82, 2.24) is 5.32 Å². The number of methoxy groups -OCH3 is 1. The van der Waals surface area contributed by atoms with Crippen LogP contribution in [0.4, 0.5) is 0 Å². The molecule has 0 aromatic carbocycles. The predicted molar refractivity (Wildman–Crippen MR) is 70.5 cm³/mol. The summed E-state index contributed by atoms with van der Waals surface area (Å²) in [4.78, 5) is 1.51. The van der Waals surface area contributed by atoms with Crippen molar-refractivity contribution in [3.05, 3.63) is 21.9 Å². The van der Waals surface area contributed by atoms with Crippen LogP contribution >= 0.6 is 11.3 Å². The van der Waals surface area contributed by atoms with Gasteiger partial charge in [0.2, 0.25) is 0 Å².